The maximum atomic E-state index is 5.43. The molecule has 3 nitrogen and oxygen atoms in total. The summed E-state index contributed by atoms with van der Waals surface area (Å²) in [6.45, 7) is 14.9. The van der Waals surface area contributed by atoms with Crippen molar-refractivity contribution in [1.29, 1.82) is 0 Å². The molecule has 0 fully saturated rings. The molecule has 0 bridgehead atoms. The van der Waals surface area contributed by atoms with Gasteiger partial charge in [0.25, 0.3) is 0 Å². The van der Waals surface area contributed by atoms with Crippen LogP contribution in [0.15, 0.2) is 137 Å². The number of rotatable bonds is 8. The van der Waals surface area contributed by atoms with Crippen LogP contribution in [0.2, 0.25) is 0 Å². The van der Waals surface area contributed by atoms with Gasteiger partial charge in [0.05, 0.1) is 22.4 Å². The maximum absolute atomic E-state index is 5.43. The largest absolute Gasteiger partial charge is 0.320 e. The van der Waals surface area contributed by atoms with E-state index in [1.54, 1.807) is 0 Å². The number of para-hydroxylation sites is 1. The third-order valence-corrected chi connectivity index (χ3v) is 8.15. The van der Waals surface area contributed by atoms with Crippen LogP contribution in [0, 0.1) is 5.41 Å². The van der Waals surface area contributed by atoms with Crippen LogP contribution < -0.4 is 0 Å². The first-order valence-corrected chi connectivity index (χ1v) is 14.4. The summed E-state index contributed by atoms with van der Waals surface area (Å²) in [6.07, 6.45) is 10.6. The molecule has 0 radical (unpaired) electrons. The normalized spacial score (nSPS) is 14.9. The molecule has 3 heteroatoms. The molecule has 4 aromatic carbocycles. The Kier molecular flexibility index (Phi) is 7.18. The van der Waals surface area contributed by atoms with Crippen molar-refractivity contribution in [2.24, 2.45) is 15.4 Å². The van der Waals surface area contributed by atoms with Gasteiger partial charge in [-0.05, 0) is 48.0 Å². The van der Waals surface area contributed by atoms with E-state index in [1.165, 1.54) is 16.3 Å². The Morgan fingerprint density at radius 2 is 1.62 bits per heavy atom. The van der Waals surface area contributed by atoms with E-state index in [0.717, 1.165) is 50.3 Å². The van der Waals surface area contributed by atoms with Crippen LogP contribution >= 0.6 is 0 Å². The minimum atomic E-state index is -0.227. The second-order valence-corrected chi connectivity index (χ2v) is 11.1. The van der Waals surface area contributed by atoms with Gasteiger partial charge < -0.3 is 4.57 Å². The van der Waals surface area contributed by atoms with E-state index in [9.17, 15) is 0 Å². The summed E-state index contributed by atoms with van der Waals surface area (Å²) in [6, 6.07) is 32.0. The second-order valence-electron chi connectivity index (χ2n) is 11.1. The van der Waals surface area contributed by atoms with Crippen LogP contribution in [0.4, 0.5) is 0 Å². The van der Waals surface area contributed by atoms with Gasteiger partial charge in [-0.25, -0.2) is 0 Å². The molecule has 1 aliphatic rings. The zero-order chi connectivity index (χ0) is 29.3. The van der Waals surface area contributed by atoms with E-state index in [2.05, 4.69) is 153 Å². The lowest BCUT2D eigenvalue weighted by Gasteiger charge is -2.19. The molecule has 0 aliphatic heterocycles. The Morgan fingerprint density at radius 1 is 0.881 bits per heavy atom. The van der Waals surface area contributed by atoms with Gasteiger partial charge in [-0.2, -0.15) is 0 Å². The molecule has 1 heterocycles. The molecule has 0 N–H and O–H groups in total. The van der Waals surface area contributed by atoms with Crippen LogP contribution in [-0.4, -0.2) is 17.0 Å². The summed E-state index contributed by atoms with van der Waals surface area (Å²) in [5.74, 6) is 0. The first kappa shape index (κ1) is 27.2. The van der Waals surface area contributed by atoms with Crippen molar-refractivity contribution in [2.45, 2.75) is 27.4 Å². The Hall–Kier alpha value is -5.02. The fourth-order valence-electron chi connectivity index (χ4n) is 6.15. The van der Waals surface area contributed by atoms with Gasteiger partial charge in [0, 0.05) is 27.3 Å². The Balaban J connectivity index is 1.62. The molecule has 0 saturated carbocycles. The highest BCUT2D eigenvalue weighted by Crippen LogP contribution is 2.40. The molecule has 0 amide bonds. The monoisotopic (exact) mass is 545 g/mol. The quantitative estimate of drug-likeness (QED) is 0.174. The smallest absolute Gasteiger partial charge is 0.115 e. The molecule has 0 atom stereocenters. The van der Waals surface area contributed by atoms with Crippen LogP contribution in [0.5, 0.6) is 0 Å². The highest BCUT2D eigenvalue weighted by atomic mass is 15.1. The number of aliphatic imine (C=N–C) groups is 2. The van der Waals surface area contributed by atoms with E-state index < -0.39 is 0 Å². The Bertz CT molecular complexity index is 1960. The lowest BCUT2D eigenvalue weighted by atomic mass is 9.89. The molecule has 42 heavy (non-hydrogen) atoms. The summed E-state index contributed by atoms with van der Waals surface area (Å²) in [5.41, 5.74) is 10.6. The predicted molar refractivity (Wildman–Crippen MR) is 182 cm³/mol. The first-order valence-electron chi connectivity index (χ1n) is 14.4. The molecule has 0 saturated heterocycles. The molecule has 6 rings (SSSR count). The van der Waals surface area contributed by atoms with Crippen molar-refractivity contribution >= 4 is 46.4 Å². The highest BCUT2D eigenvalue weighted by Gasteiger charge is 2.30. The Labute approximate surface area is 248 Å². The Morgan fingerprint density at radius 3 is 2.38 bits per heavy atom. The number of hydrogen-bond acceptors (Lipinski definition) is 2. The van der Waals surface area contributed by atoms with Crippen LogP contribution in [0.25, 0.3) is 45.1 Å². The third-order valence-electron chi connectivity index (χ3n) is 8.15. The lowest BCUT2D eigenvalue weighted by molar-refractivity contribution is 0.584. The molecule has 0 unspecified atom stereocenters. The topological polar surface area (TPSA) is 29.6 Å². The van der Waals surface area contributed by atoms with E-state index >= 15 is 0 Å². The van der Waals surface area contributed by atoms with E-state index in [4.69, 9.17) is 4.99 Å². The molecular weight excluding hydrogens is 510 g/mol. The minimum Gasteiger partial charge on any atom is -0.320 e. The SMILES string of the molecule is C=Cc1ccc2c(c1/C=C\C)c1ccccc1n2C/N=C(\C1=C(N=C)C(C)(C)C=C1)c1ccccc1-c1ccccc1. The standard InChI is InChI=1S/C39H35N3/c1-6-15-30-27(7-2)22-23-35-36(30)32-20-13-14-21-34(32)42(35)26-41-37(33-24-25-39(3,4)38(33)40-5)31-19-12-11-18-29(31)28-16-9-8-10-17-28/h6-25H,2,5,26H2,1,3-4H3/b15-6-,41-37-. The first-order chi connectivity index (χ1) is 20.5. The highest BCUT2D eigenvalue weighted by molar-refractivity contribution is 6.19. The van der Waals surface area contributed by atoms with Gasteiger partial charge in [0.2, 0.25) is 0 Å². The van der Waals surface area contributed by atoms with Gasteiger partial charge in [-0.15, -0.1) is 0 Å². The fourth-order valence-corrected chi connectivity index (χ4v) is 6.15. The zero-order valence-electron chi connectivity index (χ0n) is 24.5. The molecule has 0 spiro atoms. The van der Waals surface area contributed by atoms with Gasteiger partial charge in [0.15, 0.2) is 0 Å². The molecule has 206 valence electrons. The van der Waals surface area contributed by atoms with Crippen LogP contribution in [0.1, 0.15) is 37.5 Å². The summed E-state index contributed by atoms with van der Waals surface area (Å²) >= 11 is 0. The summed E-state index contributed by atoms with van der Waals surface area (Å²) in [7, 11) is 0. The van der Waals surface area contributed by atoms with Gasteiger partial charge in [0.1, 0.15) is 6.67 Å². The average molecular weight is 546 g/mol. The van der Waals surface area contributed by atoms with Crippen molar-refractivity contribution in [2.75, 3.05) is 0 Å². The minimum absolute atomic E-state index is 0.227. The van der Waals surface area contributed by atoms with Crippen LogP contribution in [0.3, 0.4) is 0 Å². The number of fused-ring (bicyclic) bond motifs is 3. The predicted octanol–water partition coefficient (Wildman–Crippen LogP) is 10.1. The van der Waals surface area contributed by atoms with E-state index in [-0.39, 0.29) is 5.41 Å². The maximum Gasteiger partial charge on any atom is 0.115 e. The molecule has 1 aliphatic carbocycles. The van der Waals surface area contributed by atoms with Gasteiger partial charge in [-0.3, -0.25) is 9.98 Å². The fraction of sp³-hybridized carbons (Fsp3) is 0.128. The molecule has 5 aromatic rings. The lowest BCUT2D eigenvalue weighted by Crippen LogP contribution is -2.13. The number of nitrogens with zero attached hydrogens (tertiary/aromatic N) is 3. The third kappa shape index (κ3) is 4.57. The van der Waals surface area contributed by atoms with Crippen molar-refractivity contribution < 1.29 is 0 Å². The van der Waals surface area contributed by atoms with Gasteiger partial charge >= 0.3 is 0 Å². The second kappa shape index (κ2) is 11.1. The van der Waals surface area contributed by atoms with Crippen molar-refractivity contribution in [3.05, 3.63) is 144 Å². The van der Waals surface area contributed by atoms with Crippen molar-refractivity contribution in [3.8, 4) is 11.1 Å². The van der Waals surface area contributed by atoms with Crippen molar-refractivity contribution in [3.63, 3.8) is 0 Å². The average Bonchev–Trinajstić information content (AvgIpc) is 3.51. The molecule has 1 aromatic heterocycles. The molecular formula is C39H35N3. The van der Waals surface area contributed by atoms with Crippen molar-refractivity contribution in [1.82, 2.24) is 4.57 Å². The number of benzene rings is 4. The summed E-state index contributed by atoms with van der Waals surface area (Å²) < 4.78 is 2.32. The van der Waals surface area contributed by atoms with Crippen LogP contribution in [-0.2, 0) is 6.67 Å². The summed E-state index contributed by atoms with van der Waals surface area (Å²) in [5, 5.41) is 2.43. The van der Waals surface area contributed by atoms with Gasteiger partial charge in [-0.1, -0.05) is 130 Å². The summed E-state index contributed by atoms with van der Waals surface area (Å²) in [4.78, 5) is 9.96. The zero-order valence-corrected chi connectivity index (χ0v) is 24.5. The van der Waals surface area contributed by atoms with E-state index in [0.29, 0.717) is 6.67 Å². The van der Waals surface area contributed by atoms with E-state index in [1.807, 2.05) is 12.1 Å². The number of allylic oxidation sites excluding steroid dienone is 4. The number of hydrogen-bond donors (Lipinski definition) is 0. The number of aromatic nitrogens is 1.